The Hall–Kier alpha value is -0.870. The van der Waals surface area contributed by atoms with E-state index in [-0.39, 0.29) is 6.61 Å². The van der Waals surface area contributed by atoms with E-state index >= 15 is 0 Å². The molecule has 0 saturated heterocycles. The van der Waals surface area contributed by atoms with Crippen LogP contribution in [0.4, 0.5) is 0 Å². The largest absolute Gasteiger partial charge is 0.475 e. The third kappa shape index (κ3) is 2.21. The molecule has 0 fully saturated rings. The summed E-state index contributed by atoms with van der Waals surface area (Å²) in [7, 11) is 0. The van der Waals surface area contributed by atoms with Gasteiger partial charge in [-0.05, 0) is 31.2 Å². The highest BCUT2D eigenvalue weighted by atomic mass is 79.9. The summed E-state index contributed by atoms with van der Waals surface area (Å²) in [6.07, 6.45) is 0. The van der Waals surface area contributed by atoms with E-state index < -0.39 is 5.54 Å². The fourth-order valence-corrected chi connectivity index (χ4v) is 1.62. The number of hydrogen-bond acceptors (Lipinski definition) is 3. The van der Waals surface area contributed by atoms with Gasteiger partial charge in [0.05, 0.1) is 6.61 Å². The zero-order valence-corrected chi connectivity index (χ0v) is 9.99. The Morgan fingerprint density at radius 1 is 1.47 bits per heavy atom. The number of ether oxygens (including phenoxy) is 1. The molecule has 1 heterocycles. The Kier molecular flexibility index (Phi) is 2.80. The van der Waals surface area contributed by atoms with Crippen molar-refractivity contribution >= 4 is 21.8 Å². The van der Waals surface area contributed by atoms with Crippen molar-refractivity contribution < 1.29 is 9.84 Å². The lowest BCUT2D eigenvalue weighted by atomic mass is 10.1. The number of hydrogen-bond donors (Lipinski definition) is 1. The van der Waals surface area contributed by atoms with E-state index in [9.17, 15) is 0 Å². The summed E-state index contributed by atoms with van der Waals surface area (Å²) in [5.41, 5.74) is 0.456. The van der Waals surface area contributed by atoms with Crippen molar-refractivity contribution in [2.45, 2.75) is 12.5 Å². The zero-order chi connectivity index (χ0) is 10.9. The van der Waals surface area contributed by atoms with Gasteiger partial charge in [-0.3, -0.25) is 0 Å². The molecular formula is C11H12BrNO2. The SMILES string of the molecule is CC1(CO)COC(c2ccc(Br)cc2)=N1. The third-order valence-corrected chi connectivity index (χ3v) is 2.85. The summed E-state index contributed by atoms with van der Waals surface area (Å²) in [5, 5.41) is 9.14. The monoisotopic (exact) mass is 269 g/mol. The van der Waals surface area contributed by atoms with Crippen LogP contribution in [0.15, 0.2) is 33.7 Å². The van der Waals surface area contributed by atoms with E-state index in [1.165, 1.54) is 0 Å². The van der Waals surface area contributed by atoms with Crippen molar-refractivity contribution in [3.63, 3.8) is 0 Å². The van der Waals surface area contributed by atoms with E-state index in [0.717, 1.165) is 10.0 Å². The first-order valence-corrected chi connectivity index (χ1v) is 5.52. The van der Waals surface area contributed by atoms with E-state index in [2.05, 4.69) is 20.9 Å². The van der Waals surface area contributed by atoms with Gasteiger partial charge in [-0.1, -0.05) is 15.9 Å². The van der Waals surface area contributed by atoms with Gasteiger partial charge in [0.1, 0.15) is 12.1 Å². The summed E-state index contributed by atoms with van der Waals surface area (Å²) in [6, 6.07) is 7.75. The molecule has 1 aromatic rings. The van der Waals surface area contributed by atoms with Crippen molar-refractivity contribution in [1.82, 2.24) is 0 Å². The molecule has 0 spiro atoms. The number of aliphatic hydroxyl groups excluding tert-OH is 1. The van der Waals surface area contributed by atoms with Crippen molar-refractivity contribution in [3.8, 4) is 0 Å². The molecule has 80 valence electrons. The Labute approximate surface area is 96.9 Å². The van der Waals surface area contributed by atoms with E-state index in [1.54, 1.807) is 0 Å². The Morgan fingerprint density at radius 3 is 2.67 bits per heavy atom. The fraction of sp³-hybridized carbons (Fsp3) is 0.364. The molecule has 0 aromatic heterocycles. The van der Waals surface area contributed by atoms with Crippen LogP contribution in [-0.4, -0.2) is 29.8 Å². The normalized spacial score (nSPS) is 24.9. The molecule has 15 heavy (non-hydrogen) atoms. The molecule has 0 bridgehead atoms. The lowest BCUT2D eigenvalue weighted by molar-refractivity contribution is 0.170. The first-order chi connectivity index (χ1) is 7.13. The summed E-state index contributed by atoms with van der Waals surface area (Å²) in [4.78, 5) is 4.37. The van der Waals surface area contributed by atoms with Crippen LogP contribution >= 0.6 is 15.9 Å². The van der Waals surface area contributed by atoms with Gasteiger partial charge in [0.25, 0.3) is 0 Å². The lowest BCUT2D eigenvalue weighted by Crippen LogP contribution is -2.28. The molecule has 1 atom stereocenters. The molecule has 2 rings (SSSR count). The minimum absolute atomic E-state index is 0.00697. The van der Waals surface area contributed by atoms with E-state index in [0.29, 0.717) is 12.5 Å². The Balaban J connectivity index is 2.26. The molecule has 1 aliphatic heterocycles. The Bertz CT molecular complexity index is 388. The van der Waals surface area contributed by atoms with Gasteiger partial charge in [0.15, 0.2) is 0 Å². The number of aliphatic hydroxyl groups is 1. The Morgan fingerprint density at radius 2 is 2.13 bits per heavy atom. The topological polar surface area (TPSA) is 41.8 Å². The number of aliphatic imine (C=N–C) groups is 1. The maximum atomic E-state index is 9.14. The smallest absolute Gasteiger partial charge is 0.216 e. The van der Waals surface area contributed by atoms with Gasteiger partial charge in [0.2, 0.25) is 5.90 Å². The number of nitrogens with zero attached hydrogens (tertiary/aromatic N) is 1. The van der Waals surface area contributed by atoms with Gasteiger partial charge in [0, 0.05) is 10.0 Å². The molecule has 1 unspecified atom stereocenters. The summed E-state index contributed by atoms with van der Waals surface area (Å²) >= 11 is 3.37. The van der Waals surface area contributed by atoms with E-state index in [4.69, 9.17) is 9.84 Å². The minimum atomic E-state index is -0.484. The van der Waals surface area contributed by atoms with Gasteiger partial charge in [-0.25, -0.2) is 4.99 Å². The first-order valence-electron chi connectivity index (χ1n) is 4.72. The number of benzene rings is 1. The van der Waals surface area contributed by atoms with Crippen molar-refractivity contribution in [2.24, 2.45) is 4.99 Å². The minimum Gasteiger partial charge on any atom is -0.475 e. The van der Waals surface area contributed by atoms with Crippen LogP contribution in [0.2, 0.25) is 0 Å². The highest BCUT2D eigenvalue weighted by Crippen LogP contribution is 2.21. The first kappa shape index (κ1) is 10.6. The lowest BCUT2D eigenvalue weighted by Gasteiger charge is -2.12. The van der Waals surface area contributed by atoms with E-state index in [1.807, 2.05) is 31.2 Å². The molecule has 0 amide bonds. The maximum Gasteiger partial charge on any atom is 0.216 e. The van der Waals surface area contributed by atoms with Gasteiger partial charge >= 0.3 is 0 Å². The van der Waals surface area contributed by atoms with Crippen LogP contribution in [0, 0.1) is 0 Å². The van der Waals surface area contributed by atoms with Crippen LogP contribution in [0.5, 0.6) is 0 Å². The number of rotatable bonds is 2. The highest BCUT2D eigenvalue weighted by molar-refractivity contribution is 9.10. The zero-order valence-electron chi connectivity index (χ0n) is 8.40. The second-order valence-electron chi connectivity index (χ2n) is 3.87. The molecule has 4 heteroatoms. The van der Waals surface area contributed by atoms with Gasteiger partial charge in [-0.15, -0.1) is 0 Å². The summed E-state index contributed by atoms with van der Waals surface area (Å²) in [6.45, 7) is 2.32. The highest BCUT2D eigenvalue weighted by Gasteiger charge is 2.31. The van der Waals surface area contributed by atoms with Crippen LogP contribution in [0.1, 0.15) is 12.5 Å². The quantitative estimate of drug-likeness (QED) is 0.892. The van der Waals surface area contributed by atoms with Crippen LogP contribution in [0.3, 0.4) is 0 Å². The van der Waals surface area contributed by atoms with Crippen molar-refractivity contribution in [1.29, 1.82) is 0 Å². The standard InChI is InChI=1S/C11H12BrNO2/c1-11(6-14)7-15-10(13-11)8-2-4-9(12)5-3-8/h2-5,14H,6-7H2,1H3. The third-order valence-electron chi connectivity index (χ3n) is 2.32. The second-order valence-corrected chi connectivity index (χ2v) is 4.78. The molecule has 1 aliphatic rings. The average Bonchev–Trinajstić information content (AvgIpc) is 2.63. The fourth-order valence-electron chi connectivity index (χ4n) is 1.35. The van der Waals surface area contributed by atoms with Crippen molar-refractivity contribution in [2.75, 3.05) is 13.2 Å². The molecule has 1 N–H and O–H groups in total. The predicted molar refractivity (Wildman–Crippen MR) is 62.1 cm³/mol. The average molecular weight is 270 g/mol. The van der Waals surface area contributed by atoms with Gasteiger partial charge in [-0.2, -0.15) is 0 Å². The molecule has 0 radical (unpaired) electrons. The molecule has 0 saturated carbocycles. The molecule has 3 nitrogen and oxygen atoms in total. The van der Waals surface area contributed by atoms with Crippen LogP contribution in [0.25, 0.3) is 0 Å². The molecule has 1 aromatic carbocycles. The van der Waals surface area contributed by atoms with Gasteiger partial charge < -0.3 is 9.84 Å². The molecule has 0 aliphatic carbocycles. The number of halogens is 1. The second kappa shape index (κ2) is 3.94. The maximum absolute atomic E-state index is 9.14. The van der Waals surface area contributed by atoms with Crippen molar-refractivity contribution in [3.05, 3.63) is 34.3 Å². The van der Waals surface area contributed by atoms with Crippen LogP contribution in [-0.2, 0) is 4.74 Å². The molecular weight excluding hydrogens is 258 g/mol. The van der Waals surface area contributed by atoms with Crippen LogP contribution < -0.4 is 0 Å². The summed E-state index contributed by atoms with van der Waals surface area (Å²) < 4.78 is 6.48. The summed E-state index contributed by atoms with van der Waals surface area (Å²) in [5.74, 6) is 0.610. The predicted octanol–water partition coefficient (Wildman–Crippen LogP) is 1.98.